The number of nitriles is 1. The number of hydrogen-bond donors (Lipinski definition) is 2. The van der Waals surface area contributed by atoms with Gasteiger partial charge in [0.15, 0.2) is 0 Å². The minimum atomic E-state index is -3.04. The number of pyridine rings is 1. The van der Waals surface area contributed by atoms with Crippen molar-refractivity contribution < 1.29 is 22.3 Å². The molecule has 14 heteroatoms. The number of nitrogens with one attached hydrogen (secondary N) is 1. The molecule has 45 heavy (non-hydrogen) atoms. The van der Waals surface area contributed by atoms with Gasteiger partial charge in [-0.05, 0) is 37.9 Å². The summed E-state index contributed by atoms with van der Waals surface area (Å²) in [4.78, 5) is 17.9. The number of aromatic nitrogens is 3. The Morgan fingerprint density at radius 1 is 1.27 bits per heavy atom. The number of piperazine rings is 1. The molecular formula is C31H32F4N8OS. The van der Waals surface area contributed by atoms with Crippen LogP contribution < -0.4 is 20.7 Å². The highest BCUT2D eigenvalue weighted by Crippen LogP contribution is 2.45. The highest BCUT2D eigenvalue weighted by atomic mass is 32.1. The average Bonchev–Trinajstić information content (AvgIpc) is 3.68. The second kappa shape index (κ2) is 11.5. The van der Waals surface area contributed by atoms with Gasteiger partial charge >= 0.3 is 6.01 Å². The number of anilines is 2. The van der Waals surface area contributed by atoms with E-state index in [1.807, 2.05) is 11.0 Å². The molecule has 3 fully saturated rings. The summed E-state index contributed by atoms with van der Waals surface area (Å²) < 4.78 is 66.0. The molecule has 1 aromatic carbocycles. The van der Waals surface area contributed by atoms with E-state index in [-0.39, 0.29) is 56.1 Å². The Morgan fingerprint density at radius 2 is 2.11 bits per heavy atom. The zero-order valence-corrected chi connectivity index (χ0v) is 25.4. The second-order valence-corrected chi connectivity index (χ2v) is 13.1. The molecule has 7 rings (SSSR count). The topological polar surface area (TPSA) is 116 Å². The van der Waals surface area contributed by atoms with E-state index in [0.717, 1.165) is 43.2 Å². The molecule has 236 valence electrons. The first kappa shape index (κ1) is 29.9. The Hall–Kier alpha value is -3.80. The van der Waals surface area contributed by atoms with Crippen molar-refractivity contribution >= 4 is 43.1 Å². The van der Waals surface area contributed by atoms with Gasteiger partial charge in [-0.1, -0.05) is 6.92 Å². The fourth-order valence-electron chi connectivity index (χ4n) is 7.24. The number of nitrogens with two attached hydrogens (primary N) is 1. The van der Waals surface area contributed by atoms with Gasteiger partial charge < -0.3 is 20.7 Å². The number of rotatable bonds is 7. The molecule has 3 aliphatic heterocycles. The zero-order valence-electron chi connectivity index (χ0n) is 24.6. The lowest BCUT2D eigenvalue weighted by molar-refractivity contribution is 0.107. The van der Waals surface area contributed by atoms with E-state index in [1.165, 1.54) is 12.3 Å². The summed E-state index contributed by atoms with van der Waals surface area (Å²) in [5.41, 5.74) is 5.06. The first-order chi connectivity index (χ1) is 21.7. The first-order valence-electron chi connectivity index (χ1n) is 15.1. The molecular weight excluding hydrogens is 608 g/mol. The van der Waals surface area contributed by atoms with Crippen molar-refractivity contribution in [1.82, 2.24) is 25.2 Å². The SMILES string of the molecule is CCC1CN(c2nc(OC[C@@]34CCCN3C[C@H](F)C4)nc3c(C(F)F)c(-c4ccc(F)c5sc(N)c(C#N)c45)ncc23)CCN1. The number of alkyl halides is 3. The lowest BCUT2D eigenvalue weighted by Crippen LogP contribution is -2.50. The molecule has 3 atom stereocenters. The number of ether oxygens (including phenoxy) is 1. The molecule has 0 radical (unpaired) electrons. The van der Waals surface area contributed by atoms with Crippen molar-refractivity contribution in [2.24, 2.45) is 0 Å². The Balaban J connectivity index is 1.41. The maximum absolute atomic E-state index is 15.2. The third-order valence-electron chi connectivity index (χ3n) is 9.42. The molecule has 0 spiro atoms. The van der Waals surface area contributed by atoms with Gasteiger partial charge in [-0.25, -0.2) is 17.6 Å². The highest BCUT2D eigenvalue weighted by Gasteiger charge is 2.49. The summed E-state index contributed by atoms with van der Waals surface area (Å²) in [5.74, 6) is -0.188. The molecule has 3 saturated heterocycles. The first-order valence-corrected chi connectivity index (χ1v) is 15.9. The number of halogens is 4. The highest BCUT2D eigenvalue weighted by molar-refractivity contribution is 7.23. The summed E-state index contributed by atoms with van der Waals surface area (Å²) in [6.07, 6.45) is 0.361. The van der Waals surface area contributed by atoms with Crippen molar-refractivity contribution in [3.8, 4) is 23.3 Å². The zero-order chi connectivity index (χ0) is 31.5. The average molecular weight is 641 g/mol. The van der Waals surface area contributed by atoms with Crippen molar-refractivity contribution in [3.63, 3.8) is 0 Å². The van der Waals surface area contributed by atoms with E-state index in [2.05, 4.69) is 27.1 Å². The fourth-order valence-corrected chi connectivity index (χ4v) is 8.19. The molecule has 6 heterocycles. The number of nitrogen functional groups attached to an aromatic ring is 1. The van der Waals surface area contributed by atoms with Gasteiger partial charge in [-0.15, -0.1) is 11.3 Å². The van der Waals surface area contributed by atoms with Crippen LogP contribution in [-0.2, 0) is 0 Å². The quantitative estimate of drug-likeness (QED) is 0.250. The largest absolute Gasteiger partial charge is 0.461 e. The van der Waals surface area contributed by atoms with Gasteiger partial charge in [0, 0.05) is 55.8 Å². The fraction of sp³-hybridized carbons (Fsp3) is 0.484. The predicted molar refractivity (Wildman–Crippen MR) is 165 cm³/mol. The number of nitrogens with zero attached hydrogens (tertiary/aromatic N) is 6. The molecule has 1 unspecified atom stereocenters. The molecule has 0 bridgehead atoms. The molecule has 0 aliphatic carbocycles. The van der Waals surface area contributed by atoms with Crippen LogP contribution in [0.2, 0.25) is 0 Å². The maximum atomic E-state index is 15.2. The van der Waals surface area contributed by atoms with Crippen LogP contribution in [0.4, 0.5) is 28.4 Å². The van der Waals surface area contributed by atoms with Crippen LogP contribution >= 0.6 is 11.3 Å². The summed E-state index contributed by atoms with van der Waals surface area (Å²) in [7, 11) is 0. The van der Waals surface area contributed by atoms with E-state index in [9.17, 15) is 14.0 Å². The van der Waals surface area contributed by atoms with Gasteiger partial charge in [0.05, 0.1) is 38.0 Å². The van der Waals surface area contributed by atoms with Crippen LogP contribution in [-0.4, -0.2) is 76.9 Å². The summed E-state index contributed by atoms with van der Waals surface area (Å²) in [6, 6.07) is 4.59. The normalized spacial score (nSPS) is 23.7. The van der Waals surface area contributed by atoms with Crippen molar-refractivity contribution in [2.75, 3.05) is 50.0 Å². The Kier molecular flexibility index (Phi) is 7.66. The summed E-state index contributed by atoms with van der Waals surface area (Å²) >= 11 is 0.884. The van der Waals surface area contributed by atoms with E-state index >= 15 is 8.78 Å². The van der Waals surface area contributed by atoms with Gasteiger partial charge in [0.2, 0.25) is 0 Å². The molecule has 0 amide bonds. The van der Waals surface area contributed by atoms with Crippen molar-refractivity contribution in [1.29, 1.82) is 5.26 Å². The lowest BCUT2D eigenvalue weighted by atomic mass is 9.95. The summed E-state index contributed by atoms with van der Waals surface area (Å²) in [6.45, 7) is 5.17. The lowest BCUT2D eigenvalue weighted by Gasteiger charge is -2.35. The number of hydrogen-bond acceptors (Lipinski definition) is 10. The smallest absolute Gasteiger partial charge is 0.319 e. The Labute approximate surface area is 261 Å². The summed E-state index contributed by atoms with van der Waals surface area (Å²) in [5, 5.41) is 13.8. The van der Waals surface area contributed by atoms with Crippen molar-refractivity contribution in [3.05, 3.63) is 35.3 Å². The molecule has 3 N–H and O–H groups in total. The van der Waals surface area contributed by atoms with Gasteiger partial charge in [-0.2, -0.15) is 15.2 Å². The standard InChI is InChI=1S/C31H32F4N8OS/c1-2-17-14-42(9-7-38-17)29-20-12-39-24(18-4-5-21(33)26-22(18)19(11-36)28(37)45-26)23(27(34)35)25(20)40-30(41-29)44-15-31-6-3-8-43(31)13-16(32)10-31/h4-5,12,16-17,27,38H,2-3,6-10,13-15,37H2,1H3/t16-,17?,31+/m1/s1. The molecule has 3 aliphatic rings. The van der Waals surface area contributed by atoms with Crippen molar-refractivity contribution in [2.45, 2.75) is 56.8 Å². The third-order valence-corrected chi connectivity index (χ3v) is 10.4. The third kappa shape index (κ3) is 5.01. The minimum absolute atomic E-state index is 0.00791. The van der Waals surface area contributed by atoms with Crippen LogP contribution in [0.15, 0.2) is 18.3 Å². The van der Waals surface area contributed by atoms with E-state index in [0.29, 0.717) is 43.8 Å². The minimum Gasteiger partial charge on any atom is -0.461 e. The van der Waals surface area contributed by atoms with Crippen LogP contribution in [0.1, 0.15) is 50.2 Å². The molecule has 9 nitrogen and oxygen atoms in total. The van der Waals surface area contributed by atoms with Crippen LogP contribution in [0, 0.1) is 17.1 Å². The molecule has 4 aromatic rings. The number of benzene rings is 1. The maximum Gasteiger partial charge on any atom is 0.319 e. The van der Waals surface area contributed by atoms with E-state index < -0.39 is 29.5 Å². The van der Waals surface area contributed by atoms with Crippen LogP contribution in [0.5, 0.6) is 6.01 Å². The molecule has 0 saturated carbocycles. The van der Waals surface area contributed by atoms with Gasteiger partial charge in [-0.3, -0.25) is 9.88 Å². The predicted octanol–water partition coefficient (Wildman–Crippen LogP) is 5.58. The Bertz CT molecular complexity index is 1830. The van der Waals surface area contributed by atoms with E-state index in [4.69, 9.17) is 15.5 Å². The second-order valence-electron chi connectivity index (χ2n) is 12.0. The van der Waals surface area contributed by atoms with E-state index in [1.54, 1.807) is 0 Å². The van der Waals surface area contributed by atoms with Crippen LogP contribution in [0.25, 0.3) is 32.2 Å². The Morgan fingerprint density at radius 3 is 2.89 bits per heavy atom. The number of fused-ring (bicyclic) bond motifs is 3. The molecule has 3 aromatic heterocycles. The van der Waals surface area contributed by atoms with Gasteiger partial charge in [0.25, 0.3) is 6.43 Å². The van der Waals surface area contributed by atoms with Crippen LogP contribution in [0.3, 0.4) is 0 Å². The monoisotopic (exact) mass is 640 g/mol. The number of thiophene rings is 1. The van der Waals surface area contributed by atoms with Gasteiger partial charge in [0.1, 0.15) is 35.5 Å².